The average molecular weight is 313 g/mol. The van der Waals surface area contributed by atoms with Gasteiger partial charge in [-0.2, -0.15) is 0 Å². The van der Waals surface area contributed by atoms with Gasteiger partial charge in [-0.15, -0.1) is 0 Å². The van der Waals surface area contributed by atoms with Crippen molar-refractivity contribution in [3.8, 4) is 5.75 Å². The Labute approximate surface area is 136 Å². The summed E-state index contributed by atoms with van der Waals surface area (Å²) >= 11 is 0. The van der Waals surface area contributed by atoms with Crippen LogP contribution in [-0.4, -0.2) is 29.6 Å². The number of pyridine rings is 2. The highest BCUT2D eigenvalue weighted by Crippen LogP contribution is 2.24. The molecule has 0 bridgehead atoms. The van der Waals surface area contributed by atoms with Crippen LogP contribution in [0.1, 0.15) is 22.5 Å². The number of aryl methyl sites for hydroxylation is 1. The predicted octanol–water partition coefficient (Wildman–Crippen LogP) is 1.75. The molecule has 0 unspecified atom stereocenters. The van der Waals surface area contributed by atoms with E-state index in [9.17, 15) is 0 Å². The van der Waals surface area contributed by atoms with Gasteiger partial charge in [-0.05, 0) is 26.0 Å². The summed E-state index contributed by atoms with van der Waals surface area (Å²) in [6.45, 7) is 5.06. The summed E-state index contributed by atoms with van der Waals surface area (Å²) < 4.78 is 5.39. The van der Waals surface area contributed by atoms with Crippen LogP contribution in [0, 0.1) is 13.8 Å². The molecular formula is C17H23N5O. The number of nitrogens with two attached hydrogens (primary N) is 1. The van der Waals surface area contributed by atoms with Gasteiger partial charge in [0.25, 0.3) is 0 Å². The Hall–Kier alpha value is -2.63. The number of nitrogens with one attached hydrogen (secondary N) is 1. The Balaban J connectivity index is 1.90. The first-order valence-corrected chi connectivity index (χ1v) is 7.54. The van der Waals surface area contributed by atoms with Crippen LogP contribution in [0.25, 0.3) is 0 Å². The van der Waals surface area contributed by atoms with E-state index in [1.165, 1.54) is 0 Å². The van der Waals surface area contributed by atoms with Gasteiger partial charge in [0.05, 0.1) is 19.3 Å². The molecule has 122 valence electrons. The van der Waals surface area contributed by atoms with Crippen LogP contribution in [-0.2, 0) is 13.0 Å². The molecule has 2 rings (SSSR count). The van der Waals surface area contributed by atoms with E-state index in [1.807, 2.05) is 32.0 Å². The predicted molar refractivity (Wildman–Crippen MR) is 91.5 cm³/mol. The Kier molecular flexibility index (Phi) is 5.91. The molecule has 0 aliphatic carbocycles. The van der Waals surface area contributed by atoms with Crippen molar-refractivity contribution in [2.24, 2.45) is 10.7 Å². The van der Waals surface area contributed by atoms with Crippen LogP contribution in [0.4, 0.5) is 0 Å². The van der Waals surface area contributed by atoms with Gasteiger partial charge >= 0.3 is 0 Å². The van der Waals surface area contributed by atoms with Crippen molar-refractivity contribution in [1.82, 2.24) is 15.3 Å². The maximum Gasteiger partial charge on any atom is 0.188 e. The highest BCUT2D eigenvalue weighted by atomic mass is 16.5. The molecule has 2 aromatic heterocycles. The van der Waals surface area contributed by atoms with Crippen LogP contribution < -0.4 is 15.8 Å². The second-order valence-electron chi connectivity index (χ2n) is 5.25. The fraction of sp³-hybridized carbons (Fsp3) is 0.353. The van der Waals surface area contributed by atoms with E-state index in [-0.39, 0.29) is 0 Å². The number of aromatic nitrogens is 2. The monoisotopic (exact) mass is 313 g/mol. The fourth-order valence-electron chi connectivity index (χ4n) is 2.31. The van der Waals surface area contributed by atoms with Gasteiger partial charge in [0.15, 0.2) is 5.96 Å². The first-order chi connectivity index (χ1) is 11.1. The summed E-state index contributed by atoms with van der Waals surface area (Å²) in [6.07, 6.45) is 4.38. The molecule has 23 heavy (non-hydrogen) atoms. The highest BCUT2D eigenvalue weighted by molar-refractivity contribution is 5.77. The van der Waals surface area contributed by atoms with E-state index in [0.29, 0.717) is 19.0 Å². The highest BCUT2D eigenvalue weighted by Gasteiger charge is 2.08. The number of hydrogen-bond donors (Lipinski definition) is 2. The average Bonchev–Trinajstić information content (AvgIpc) is 2.55. The number of hydrogen-bond acceptors (Lipinski definition) is 4. The second-order valence-corrected chi connectivity index (χ2v) is 5.25. The zero-order chi connectivity index (χ0) is 16.7. The summed E-state index contributed by atoms with van der Waals surface area (Å²) in [6, 6.07) is 5.86. The zero-order valence-corrected chi connectivity index (χ0v) is 13.8. The van der Waals surface area contributed by atoms with Gasteiger partial charge in [-0.25, -0.2) is 4.99 Å². The van der Waals surface area contributed by atoms with Crippen LogP contribution in [0.5, 0.6) is 5.75 Å². The van der Waals surface area contributed by atoms with Crippen LogP contribution in [0.3, 0.4) is 0 Å². The number of nitrogens with zero attached hydrogens (tertiary/aromatic N) is 3. The topological polar surface area (TPSA) is 85.4 Å². The van der Waals surface area contributed by atoms with Crippen molar-refractivity contribution >= 4 is 5.96 Å². The third-order valence-electron chi connectivity index (χ3n) is 3.56. The van der Waals surface area contributed by atoms with E-state index in [0.717, 1.165) is 34.7 Å². The first kappa shape index (κ1) is 16.7. The minimum atomic E-state index is 0.404. The van der Waals surface area contributed by atoms with Gasteiger partial charge < -0.3 is 15.8 Å². The van der Waals surface area contributed by atoms with Crippen LogP contribution in [0.2, 0.25) is 0 Å². The molecule has 0 aliphatic rings. The molecule has 0 aromatic carbocycles. The molecule has 0 aliphatic heterocycles. The standard InChI is InChI=1S/C17H23N5O/c1-12-10-21-15(13(2)16(12)23-3)11-22-17(18)20-9-7-14-6-4-5-8-19-14/h4-6,8,10H,7,9,11H2,1-3H3,(H3,18,20,22). The molecule has 3 N–H and O–H groups in total. The molecule has 6 heteroatoms. The summed E-state index contributed by atoms with van der Waals surface area (Å²) in [7, 11) is 1.66. The summed E-state index contributed by atoms with van der Waals surface area (Å²) in [5.74, 6) is 1.26. The van der Waals surface area contributed by atoms with E-state index >= 15 is 0 Å². The lowest BCUT2D eigenvalue weighted by Crippen LogP contribution is -2.33. The molecule has 2 heterocycles. The van der Waals surface area contributed by atoms with Crippen molar-refractivity contribution < 1.29 is 4.74 Å². The third kappa shape index (κ3) is 4.67. The first-order valence-electron chi connectivity index (χ1n) is 7.54. The lowest BCUT2D eigenvalue weighted by Gasteiger charge is -2.11. The Morgan fingerprint density at radius 1 is 1.30 bits per heavy atom. The van der Waals surface area contributed by atoms with E-state index in [2.05, 4.69) is 20.3 Å². The van der Waals surface area contributed by atoms with Crippen molar-refractivity contribution in [2.75, 3.05) is 13.7 Å². The van der Waals surface area contributed by atoms with E-state index in [1.54, 1.807) is 19.5 Å². The normalized spacial score (nSPS) is 11.3. The number of ether oxygens (including phenoxy) is 1. The molecule has 0 atom stereocenters. The van der Waals surface area contributed by atoms with Crippen molar-refractivity contribution in [1.29, 1.82) is 0 Å². The molecule has 6 nitrogen and oxygen atoms in total. The third-order valence-corrected chi connectivity index (χ3v) is 3.56. The lowest BCUT2D eigenvalue weighted by atomic mass is 10.1. The molecule has 0 fully saturated rings. The van der Waals surface area contributed by atoms with Crippen molar-refractivity contribution in [2.45, 2.75) is 26.8 Å². The fourth-order valence-corrected chi connectivity index (χ4v) is 2.31. The Morgan fingerprint density at radius 3 is 2.83 bits per heavy atom. The van der Waals surface area contributed by atoms with Gasteiger partial charge in [-0.3, -0.25) is 9.97 Å². The molecule has 0 saturated carbocycles. The molecule has 0 radical (unpaired) electrons. The maximum atomic E-state index is 5.90. The molecule has 0 spiro atoms. The van der Waals surface area contributed by atoms with E-state index in [4.69, 9.17) is 10.5 Å². The number of guanidine groups is 1. The summed E-state index contributed by atoms with van der Waals surface area (Å²) in [5, 5.41) is 3.09. The van der Waals surface area contributed by atoms with Crippen molar-refractivity contribution in [3.63, 3.8) is 0 Å². The van der Waals surface area contributed by atoms with Crippen molar-refractivity contribution in [3.05, 3.63) is 53.1 Å². The van der Waals surface area contributed by atoms with Gasteiger partial charge in [-0.1, -0.05) is 6.07 Å². The summed E-state index contributed by atoms with van der Waals surface area (Å²) in [5.41, 5.74) is 9.79. The Bertz CT molecular complexity index is 670. The minimum Gasteiger partial charge on any atom is -0.496 e. The Morgan fingerprint density at radius 2 is 2.13 bits per heavy atom. The van der Waals surface area contributed by atoms with Gasteiger partial charge in [0, 0.05) is 42.2 Å². The minimum absolute atomic E-state index is 0.404. The lowest BCUT2D eigenvalue weighted by molar-refractivity contribution is 0.407. The molecule has 0 saturated heterocycles. The largest absolute Gasteiger partial charge is 0.496 e. The van der Waals surface area contributed by atoms with E-state index < -0.39 is 0 Å². The van der Waals surface area contributed by atoms with Crippen LogP contribution in [0.15, 0.2) is 35.6 Å². The number of methoxy groups -OCH3 is 1. The quantitative estimate of drug-likeness (QED) is 0.627. The molecule has 2 aromatic rings. The smallest absolute Gasteiger partial charge is 0.188 e. The number of rotatable bonds is 6. The second kappa shape index (κ2) is 8.12. The zero-order valence-electron chi connectivity index (χ0n) is 13.8. The van der Waals surface area contributed by atoms with Crippen LogP contribution >= 0.6 is 0 Å². The molecule has 0 amide bonds. The SMILES string of the molecule is COc1c(C)cnc(CN=C(N)NCCc2ccccn2)c1C. The summed E-state index contributed by atoms with van der Waals surface area (Å²) in [4.78, 5) is 13.0. The van der Waals surface area contributed by atoms with Gasteiger partial charge in [0.2, 0.25) is 0 Å². The van der Waals surface area contributed by atoms with Gasteiger partial charge in [0.1, 0.15) is 5.75 Å². The number of aliphatic imine (C=N–C) groups is 1. The maximum absolute atomic E-state index is 5.90. The molecular weight excluding hydrogens is 290 g/mol.